The number of carboxylic acids is 1. The maximum absolute atomic E-state index is 12.4. The van der Waals surface area contributed by atoms with Crippen molar-refractivity contribution in [1.82, 2.24) is 9.80 Å². The zero-order valence-corrected chi connectivity index (χ0v) is 15.2. The summed E-state index contributed by atoms with van der Waals surface area (Å²) >= 11 is 0. The quantitative estimate of drug-likeness (QED) is 0.833. The van der Waals surface area contributed by atoms with E-state index in [2.05, 4.69) is 0 Å². The van der Waals surface area contributed by atoms with Crippen LogP contribution in [-0.4, -0.2) is 64.2 Å². The molecular formula is C17H30N2O5. The molecule has 24 heavy (non-hydrogen) atoms. The maximum Gasteiger partial charge on any atom is 0.410 e. The van der Waals surface area contributed by atoms with Gasteiger partial charge in [0, 0.05) is 26.1 Å². The van der Waals surface area contributed by atoms with E-state index in [0.717, 1.165) is 12.8 Å². The van der Waals surface area contributed by atoms with Crippen LogP contribution in [0.1, 0.15) is 59.8 Å². The molecule has 1 aliphatic heterocycles. The molecule has 0 bridgehead atoms. The van der Waals surface area contributed by atoms with Crippen molar-refractivity contribution in [1.29, 1.82) is 0 Å². The third-order valence-electron chi connectivity index (χ3n) is 3.98. The number of amides is 2. The van der Waals surface area contributed by atoms with Gasteiger partial charge in [-0.15, -0.1) is 0 Å². The monoisotopic (exact) mass is 342 g/mol. The van der Waals surface area contributed by atoms with Crippen molar-refractivity contribution in [3.63, 3.8) is 0 Å². The zero-order valence-electron chi connectivity index (χ0n) is 15.2. The Kier molecular flexibility index (Phi) is 7.51. The first-order valence-electron chi connectivity index (χ1n) is 8.66. The summed E-state index contributed by atoms with van der Waals surface area (Å²) in [5.41, 5.74) is -0.586. The second-order valence-corrected chi connectivity index (χ2v) is 7.10. The van der Waals surface area contributed by atoms with Crippen molar-refractivity contribution in [2.45, 2.75) is 71.4 Å². The van der Waals surface area contributed by atoms with E-state index >= 15 is 0 Å². The molecular weight excluding hydrogens is 312 g/mol. The summed E-state index contributed by atoms with van der Waals surface area (Å²) < 4.78 is 5.39. The molecule has 1 saturated heterocycles. The van der Waals surface area contributed by atoms with Crippen LogP contribution in [0.5, 0.6) is 0 Å². The molecule has 1 unspecified atom stereocenters. The molecule has 0 radical (unpaired) electrons. The van der Waals surface area contributed by atoms with E-state index in [-0.39, 0.29) is 18.9 Å². The van der Waals surface area contributed by atoms with Crippen LogP contribution in [0.2, 0.25) is 0 Å². The first kappa shape index (κ1) is 20.3. The van der Waals surface area contributed by atoms with E-state index in [1.54, 1.807) is 32.6 Å². The van der Waals surface area contributed by atoms with Crippen molar-refractivity contribution in [2.75, 3.05) is 19.6 Å². The summed E-state index contributed by atoms with van der Waals surface area (Å²) in [5.74, 6) is -1.20. The van der Waals surface area contributed by atoms with E-state index in [9.17, 15) is 19.5 Å². The molecule has 7 heteroatoms. The Labute approximate surface area is 143 Å². The van der Waals surface area contributed by atoms with Crippen molar-refractivity contribution < 1.29 is 24.2 Å². The lowest BCUT2D eigenvalue weighted by Gasteiger charge is -2.29. The van der Waals surface area contributed by atoms with Gasteiger partial charge in [-0.2, -0.15) is 0 Å². The fraction of sp³-hybridized carbons (Fsp3) is 0.824. The second-order valence-electron chi connectivity index (χ2n) is 7.10. The SMILES string of the molecule is CCN1C(=O)CCN(C(=O)OC(C)(C)C)CCCCCC1C(=O)O. The van der Waals surface area contributed by atoms with Gasteiger partial charge in [0.25, 0.3) is 0 Å². The minimum Gasteiger partial charge on any atom is -0.480 e. The number of ether oxygens (including phenoxy) is 1. The Morgan fingerprint density at radius 3 is 2.42 bits per heavy atom. The molecule has 0 aliphatic carbocycles. The normalized spacial score (nSPS) is 21.2. The van der Waals surface area contributed by atoms with Gasteiger partial charge in [-0.25, -0.2) is 9.59 Å². The van der Waals surface area contributed by atoms with Crippen LogP contribution in [0.3, 0.4) is 0 Å². The minimum atomic E-state index is -0.964. The van der Waals surface area contributed by atoms with Gasteiger partial charge < -0.3 is 19.6 Å². The average molecular weight is 342 g/mol. The summed E-state index contributed by atoms with van der Waals surface area (Å²) in [5, 5.41) is 9.40. The molecule has 1 heterocycles. The highest BCUT2D eigenvalue weighted by molar-refractivity contribution is 5.84. The number of aliphatic carboxylic acids is 1. The first-order chi connectivity index (χ1) is 11.2. The van der Waals surface area contributed by atoms with Crippen molar-refractivity contribution in [3.05, 3.63) is 0 Å². The zero-order chi connectivity index (χ0) is 18.3. The van der Waals surface area contributed by atoms with E-state index in [0.29, 0.717) is 25.9 Å². The molecule has 1 atom stereocenters. The van der Waals surface area contributed by atoms with Crippen LogP contribution in [0, 0.1) is 0 Å². The standard InChI is InChI=1S/C17H30N2O5/c1-5-19-13(15(21)22)9-7-6-8-11-18(12-10-14(19)20)16(23)24-17(2,3)4/h13H,5-12H2,1-4H3,(H,21,22). The van der Waals surface area contributed by atoms with Crippen LogP contribution in [0.4, 0.5) is 4.79 Å². The summed E-state index contributed by atoms with van der Waals surface area (Å²) in [6.07, 6.45) is 2.43. The minimum absolute atomic E-state index is 0.108. The topological polar surface area (TPSA) is 87.2 Å². The molecule has 0 aromatic carbocycles. The predicted octanol–water partition coefficient (Wildman–Crippen LogP) is 2.49. The van der Waals surface area contributed by atoms with Gasteiger partial charge in [-0.05, 0) is 40.5 Å². The second kappa shape index (κ2) is 8.89. The highest BCUT2D eigenvalue weighted by atomic mass is 16.6. The van der Waals surface area contributed by atoms with Crippen LogP contribution < -0.4 is 0 Å². The van der Waals surface area contributed by atoms with Crippen LogP contribution >= 0.6 is 0 Å². The lowest BCUT2D eigenvalue weighted by molar-refractivity contribution is -0.150. The van der Waals surface area contributed by atoms with Crippen LogP contribution in [-0.2, 0) is 14.3 Å². The summed E-state index contributed by atoms with van der Waals surface area (Å²) in [4.78, 5) is 39.1. The molecule has 138 valence electrons. The third kappa shape index (κ3) is 6.37. The van der Waals surface area contributed by atoms with Gasteiger partial charge in [0.15, 0.2) is 0 Å². The van der Waals surface area contributed by atoms with E-state index in [4.69, 9.17) is 4.74 Å². The van der Waals surface area contributed by atoms with Crippen molar-refractivity contribution in [2.24, 2.45) is 0 Å². The Morgan fingerprint density at radius 1 is 1.21 bits per heavy atom. The Bertz CT molecular complexity index is 458. The molecule has 0 aromatic rings. The number of carbonyl (C=O) groups excluding carboxylic acids is 2. The van der Waals surface area contributed by atoms with Gasteiger partial charge >= 0.3 is 12.1 Å². The van der Waals surface area contributed by atoms with Crippen LogP contribution in [0.25, 0.3) is 0 Å². The summed E-state index contributed by atoms with van der Waals surface area (Å²) in [7, 11) is 0. The van der Waals surface area contributed by atoms with Gasteiger partial charge in [0.2, 0.25) is 5.91 Å². The fourth-order valence-corrected chi connectivity index (χ4v) is 2.80. The molecule has 0 saturated carbocycles. The van der Waals surface area contributed by atoms with E-state index in [1.807, 2.05) is 0 Å². The maximum atomic E-state index is 12.4. The first-order valence-corrected chi connectivity index (χ1v) is 8.66. The number of nitrogens with zero attached hydrogens (tertiary/aromatic N) is 2. The fourth-order valence-electron chi connectivity index (χ4n) is 2.80. The largest absolute Gasteiger partial charge is 0.480 e. The van der Waals surface area contributed by atoms with Crippen molar-refractivity contribution >= 4 is 18.0 Å². The number of likely N-dealkylation sites (N-methyl/N-ethyl adjacent to an activating group) is 1. The van der Waals surface area contributed by atoms with E-state index in [1.165, 1.54) is 4.90 Å². The molecule has 1 N–H and O–H groups in total. The van der Waals surface area contributed by atoms with E-state index < -0.39 is 23.7 Å². The molecule has 0 aromatic heterocycles. The van der Waals surface area contributed by atoms with Gasteiger partial charge in [0.1, 0.15) is 11.6 Å². The van der Waals surface area contributed by atoms with Gasteiger partial charge in [-0.3, -0.25) is 4.79 Å². The highest BCUT2D eigenvalue weighted by Gasteiger charge is 2.30. The molecule has 1 aliphatic rings. The Balaban J connectivity index is 2.84. The number of hydrogen-bond donors (Lipinski definition) is 1. The molecule has 0 spiro atoms. The predicted molar refractivity (Wildman–Crippen MR) is 89.7 cm³/mol. The van der Waals surface area contributed by atoms with Crippen LogP contribution in [0.15, 0.2) is 0 Å². The molecule has 2 amide bonds. The molecule has 7 nitrogen and oxygen atoms in total. The van der Waals surface area contributed by atoms with Gasteiger partial charge in [-0.1, -0.05) is 12.8 Å². The third-order valence-corrected chi connectivity index (χ3v) is 3.98. The van der Waals surface area contributed by atoms with Gasteiger partial charge in [0.05, 0.1) is 0 Å². The number of rotatable bonds is 2. The smallest absolute Gasteiger partial charge is 0.410 e. The Hall–Kier alpha value is -1.79. The lowest BCUT2D eigenvalue weighted by atomic mass is 10.1. The number of hydrogen-bond acceptors (Lipinski definition) is 4. The van der Waals surface area contributed by atoms with Crippen molar-refractivity contribution in [3.8, 4) is 0 Å². The summed E-state index contributed by atoms with van der Waals surface area (Å²) in [6.45, 7) is 8.31. The summed E-state index contributed by atoms with van der Waals surface area (Å²) in [6, 6.07) is -0.782. The Morgan fingerprint density at radius 2 is 1.88 bits per heavy atom. The number of carbonyl (C=O) groups is 3. The number of carboxylic acid groups (broad SMARTS) is 1. The molecule has 1 rings (SSSR count). The lowest BCUT2D eigenvalue weighted by Crippen LogP contribution is -2.46. The highest BCUT2D eigenvalue weighted by Crippen LogP contribution is 2.16. The average Bonchev–Trinajstić information content (AvgIpc) is 2.49. The molecule has 1 fully saturated rings.